The van der Waals surface area contributed by atoms with Gasteiger partial charge in [-0.1, -0.05) is 12.1 Å². The molecule has 0 aliphatic rings. The summed E-state index contributed by atoms with van der Waals surface area (Å²) in [5.41, 5.74) is 2.97. The Hall–Kier alpha value is -1.59. The molecule has 4 nitrogen and oxygen atoms in total. The van der Waals surface area contributed by atoms with Gasteiger partial charge < -0.3 is 4.42 Å². The van der Waals surface area contributed by atoms with E-state index in [1.165, 1.54) is 0 Å². The number of hydrogen-bond donors (Lipinski definition) is 1. The molecule has 0 atom stereocenters. The zero-order valence-electron chi connectivity index (χ0n) is 10.3. The Labute approximate surface area is 119 Å². The number of hydrogen-bond acceptors (Lipinski definition) is 3. The number of furan rings is 1. The van der Waals surface area contributed by atoms with Crippen LogP contribution in [0.4, 0.5) is 0 Å². The standard InChI is InChI=1S/C14H14BrNO3/c15-13-8-2-1-7-12(13)14(17)16-19-10-4-6-11-5-3-9-18-11/h1-3,5,7-9H,4,6,10H2,(H,16,17). The molecular weight excluding hydrogens is 310 g/mol. The van der Waals surface area contributed by atoms with E-state index in [4.69, 9.17) is 9.25 Å². The van der Waals surface area contributed by atoms with Crippen LogP contribution in [0.15, 0.2) is 51.6 Å². The van der Waals surface area contributed by atoms with Gasteiger partial charge in [0.05, 0.1) is 18.4 Å². The number of amides is 1. The van der Waals surface area contributed by atoms with Crippen LogP contribution >= 0.6 is 15.9 Å². The highest BCUT2D eigenvalue weighted by atomic mass is 79.9. The normalized spacial score (nSPS) is 10.4. The predicted molar refractivity (Wildman–Crippen MR) is 74.6 cm³/mol. The topological polar surface area (TPSA) is 51.5 Å². The van der Waals surface area contributed by atoms with Crippen LogP contribution in [-0.2, 0) is 11.3 Å². The van der Waals surface area contributed by atoms with E-state index in [1.54, 1.807) is 18.4 Å². The van der Waals surface area contributed by atoms with Crippen molar-refractivity contribution in [1.29, 1.82) is 0 Å². The molecule has 2 aromatic rings. The molecular formula is C14H14BrNO3. The van der Waals surface area contributed by atoms with Gasteiger partial charge in [-0.05, 0) is 46.6 Å². The zero-order valence-corrected chi connectivity index (χ0v) is 11.9. The maximum absolute atomic E-state index is 11.8. The van der Waals surface area contributed by atoms with Gasteiger partial charge in [0.1, 0.15) is 5.76 Å². The van der Waals surface area contributed by atoms with Crippen molar-refractivity contribution in [2.45, 2.75) is 12.8 Å². The van der Waals surface area contributed by atoms with Crippen molar-refractivity contribution in [3.8, 4) is 0 Å². The summed E-state index contributed by atoms with van der Waals surface area (Å²) in [6, 6.07) is 11.0. The third-order valence-corrected chi connectivity index (χ3v) is 3.22. The van der Waals surface area contributed by atoms with Crippen LogP contribution in [0.3, 0.4) is 0 Å². The molecule has 0 saturated heterocycles. The highest BCUT2D eigenvalue weighted by Crippen LogP contribution is 2.15. The molecule has 0 aliphatic heterocycles. The number of rotatable bonds is 6. The fraction of sp³-hybridized carbons (Fsp3) is 0.214. The van der Waals surface area contributed by atoms with Gasteiger partial charge >= 0.3 is 0 Å². The zero-order chi connectivity index (χ0) is 13.5. The monoisotopic (exact) mass is 323 g/mol. The molecule has 0 bridgehead atoms. The van der Waals surface area contributed by atoms with Crippen LogP contribution in [0.2, 0.25) is 0 Å². The van der Waals surface area contributed by atoms with Crippen molar-refractivity contribution in [1.82, 2.24) is 5.48 Å². The summed E-state index contributed by atoms with van der Waals surface area (Å²) in [5, 5.41) is 0. The SMILES string of the molecule is O=C(NOCCCc1ccco1)c1ccccc1Br. The highest BCUT2D eigenvalue weighted by Gasteiger charge is 2.08. The second-order valence-corrected chi connectivity index (χ2v) is 4.80. The smallest absolute Gasteiger partial charge is 0.275 e. The lowest BCUT2D eigenvalue weighted by Gasteiger charge is -2.06. The molecule has 0 radical (unpaired) electrons. The maximum atomic E-state index is 11.8. The van der Waals surface area contributed by atoms with Crippen molar-refractivity contribution in [3.63, 3.8) is 0 Å². The molecule has 0 spiro atoms. The third kappa shape index (κ3) is 4.22. The van der Waals surface area contributed by atoms with Gasteiger partial charge in [0, 0.05) is 10.9 Å². The Kier molecular flexibility index (Phi) is 5.18. The van der Waals surface area contributed by atoms with Gasteiger partial charge in [-0.3, -0.25) is 9.63 Å². The summed E-state index contributed by atoms with van der Waals surface area (Å²) >= 11 is 3.32. The van der Waals surface area contributed by atoms with E-state index in [2.05, 4.69) is 21.4 Å². The number of nitrogens with one attached hydrogen (secondary N) is 1. The Morgan fingerprint density at radius 3 is 2.84 bits per heavy atom. The van der Waals surface area contributed by atoms with E-state index >= 15 is 0 Å². The average Bonchev–Trinajstić information content (AvgIpc) is 2.92. The van der Waals surface area contributed by atoms with Crippen LogP contribution in [-0.4, -0.2) is 12.5 Å². The molecule has 2 rings (SSSR count). The lowest BCUT2D eigenvalue weighted by Crippen LogP contribution is -2.24. The van der Waals surface area contributed by atoms with Crippen molar-refractivity contribution in [2.75, 3.05) is 6.61 Å². The molecule has 1 amide bonds. The second kappa shape index (κ2) is 7.11. The minimum absolute atomic E-state index is 0.259. The second-order valence-electron chi connectivity index (χ2n) is 3.94. The molecule has 0 fully saturated rings. The Bertz CT molecular complexity index is 525. The lowest BCUT2D eigenvalue weighted by atomic mass is 10.2. The minimum atomic E-state index is -0.259. The number of benzene rings is 1. The third-order valence-electron chi connectivity index (χ3n) is 2.53. The first-order chi connectivity index (χ1) is 9.27. The predicted octanol–water partition coefficient (Wildman–Crippen LogP) is 3.34. The average molecular weight is 324 g/mol. The molecule has 5 heteroatoms. The number of carbonyl (C=O) groups excluding carboxylic acids is 1. The highest BCUT2D eigenvalue weighted by molar-refractivity contribution is 9.10. The van der Waals surface area contributed by atoms with Crippen LogP contribution in [0, 0.1) is 0 Å². The summed E-state index contributed by atoms with van der Waals surface area (Å²) in [4.78, 5) is 16.9. The van der Waals surface area contributed by atoms with E-state index in [9.17, 15) is 4.79 Å². The lowest BCUT2D eigenvalue weighted by molar-refractivity contribution is 0.0301. The molecule has 100 valence electrons. The van der Waals surface area contributed by atoms with E-state index < -0.39 is 0 Å². The fourth-order valence-electron chi connectivity index (χ4n) is 1.59. The van der Waals surface area contributed by atoms with Gasteiger partial charge in [0.25, 0.3) is 5.91 Å². The number of hydroxylamine groups is 1. The van der Waals surface area contributed by atoms with Crippen molar-refractivity contribution >= 4 is 21.8 Å². The van der Waals surface area contributed by atoms with Crippen LogP contribution < -0.4 is 5.48 Å². The van der Waals surface area contributed by atoms with E-state index in [0.717, 1.165) is 23.1 Å². The molecule has 19 heavy (non-hydrogen) atoms. The van der Waals surface area contributed by atoms with Gasteiger partial charge in [-0.2, -0.15) is 0 Å². The summed E-state index contributed by atoms with van der Waals surface area (Å²) < 4.78 is 5.94. The molecule has 1 N–H and O–H groups in total. The Morgan fingerprint density at radius 2 is 2.11 bits per heavy atom. The summed E-state index contributed by atoms with van der Waals surface area (Å²) in [6.45, 7) is 0.441. The quantitative estimate of drug-likeness (QED) is 0.655. The van der Waals surface area contributed by atoms with Crippen molar-refractivity contribution in [3.05, 3.63) is 58.5 Å². The first kappa shape index (κ1) is 13.8. The summed E-state index contributed by atoms with van der Waals surface area (Å²) in [7, 11) is 0. The first-order valence-electron chi connectivity index (χ1n) is 5.96. The van der Waals surface area contributed by atoms with Crippen LogP contribution in [0.1, 0.15) is 22.5 Å². The fourth-order valence-corrected chi connectivity index (χ4v) is 2.06. The van der Waals surface area contributed by atoms with Crippen molar-refractivity contribution in [2.24, 2.45) is 0 Å². The van der Waals surface area contributed by atoms with E-state index in [0.29, 0.717) is 12.2 Å². The summed E-state index contributed by atoms with van der Waals surface area (Å²) in [6.07, 6.45) is 3.21. The molecule has 1 heterocycles. The van der Waals surface area contributed by atoms with Gasteiger partial charge in [0.2, 0.25) is 0 Å². The first-order valence-corrected chi connectivity index (χ1v) is 6.75. The van der Waals surface area contributed by atoms with Gasteiger partial charge in [0.15, 0.2) is 0 Å². The maximum Gasteiger partial charge on any atom is 0.275 e. The largest absolute Gasteiger partial charge is 0.469 e. The number of carbonyl (C=O) groups is 1. The van der Waals surface area contributed by atoms with Crippen LogP contribution in [0.5, 0.6) is 0 Å². The van der Waals surface area contributed by atoms with E-state index in [1.807, 2.05) is 24.3 Å². The number of halogens is 1. The number of aryl methyl sites for hydroxylation is 1. The van der Waals surface area contributed by atoms with Crippen molar-refractivity contribution < 1.29 is 14.0 Å². The van der Waals surface area contributed by atoms with E-state index in [-0.39, 0.29) is 5.91 Å². The molecule has 1 aromatic carbocycles. The molecule has 0 saturated carbocycles. The molecule has 1 aromatic heterocycles. The van der Waals surface area contributed by atoms with Gasteiger partial charge in [-0.15, -0.1) is 0 Å². The van der Waals surface area contributed by atoms with Crippen LogP contribution in [0.25, 0.3) is 0 Å². The minimum Gasteiger partial charge on any atom is -0.469 e. The summed E-state index contributed by atoms with van der Waals surface area (Å²) in [5.74, 6) is 0.659. The Morgan fingerprint density at radius 1 is 1.26 bits per heavy atom. The molecule has 0 aliphatic carbocycles. The van der Waals surface area contributed by atoms with Gasteiger partial charge in [-0.25, -0.2) is 5.48 Å². The molecule has 0 unspecified atom stereocenters. The Balaban J connectivity index is 1.68.